The van der Waals surface area contributed by atoms with Crippen LogP contribution in [0.5, 0.6) is 0 Å². The van der Waals surface area contributed by atoms with Gasteiger partial charge < -0.3 is 5.32 Å². The lowest BCUT2D eigenvalue weighted by Gasteiger charge is -2.11. The van der Waals surface area contributed by atoms with E-state index in [1.165, 1.54) is 0 Å². The molecule has 0 aliphatic rings. The van der Waals surface area contributed by atoms with Gasteiger partial charge in [0, 0.05) is 10.7 Å². The van der Waals surface area contributed by atoms with E-state index >= 15 is 0 Å². The molecular weight excluding hydrogens is 281 g/mol. The summed E-state index contributed by atoms with van der Waals surface area (Å²) < 4.78 is 0. The van der Waals surface area contributed by atoms with Crippen molar-refractivity contribution in [3.8, 4) is 0 Å². The number of aryl methyl sites for hydroxylation is 1. The minimum absolute atomic E-state index is 0.271. The molecule has 0 fully saturated rings. The molecule has 0 saturated heterocycles. The molecule has 0 radical (unpaired) electrons. The second kappa shape index (κ2) is 6.09. The molecule has 0 aliphatic heterocycles. The van der Waals surface area contributed by atoms with Crippen molar-refractivity contribution in [3.05, 3.63) is 64.7 Å². The fourth-order valence-electron chi connectivity index (χ4n) is 1.65. The van der Waals surface area contributed by atoms with Crippen LogP contribution in [-0.4, -0.2) is 5.91 Å². The minimum Gasteiger partial charge on any atom is -0.324 e. The predicted molar refractivity (Wildman–Crippen MR) is 79.9 cm³/mol. The molecule has 2 aromatic carbocycles. The van der Waals surface area contributed by atoms with Crippen LogP contribution in [0, 0.1) is 6.92 Å². The van der Waals surface area contributed by atoms with Crippen LogP contribution in [0.25, 0.3) is 0 Å². The van der Waals surface area contributed by atoms with E-state index < -0.39 is 5.38 Å². The fraction of sp³-hybridized carbons (Fsp3) is 0.133. The third-order valence-corrected chi connectivity index (χ3v) is 3.62. The number of benzene rings is 2. The van der Waals surface area contributed by atoms with Crippen molar-refractivity contribution < 1.29 is 4.79 Å². The van der Waals surface area contributed by atoms with E-state index in [0.29, 0.717) is 10.7 Å². The number of halogens is 2. The quantitative estimate of drug-likeness (QED) is 0.826. The van der Waals surface area contributed by atoms with Crippen LogP contribution in [0.2, 0.25) is 5.02 Å². The molecule has 2 rings (SSSR count). The van der Waals surface area contributed by atoms with Crippen LogP contribution in [0.15, 0.2) is 48.5 Å². The van der Waals surface area contributed by atoms with Gasteiger partial charge in [-0.05, 0) is 30.2 Å². The number of hydrogen-bond acceptors (Lipinski definition) is 1. The smallest absolute Gasteiger partial charge is 0.246 e. The van der Waals surface area contributed by atoms with Gasteiger partial charge in [-0.2, -0.15) is 0 Å². The Kier molecular flexibility index (Phi) is 4.46. The van der Waals surface area contributed by atoms with Gasteiger partial charge in [-0.3, -0.25) is 4.79 Å². The zero-order valence-electron chi connectivity index (χ0n) is 10.4. The number of carbonyl (C=O) groups is 1. The summed E-state index contributed by atoms with van der Waals surface area (Å²) in [6.45, 7) is 1.91. The first-order valence-corrected chi connectivity index (χ1v) is 6.65. The molecule has 0 unspecified atom stereocenters. The predicted octanol–water partition coefficient (Wildman–Crippen LogP) is 4.57. The third kappa shape index (κ3) is 3.49. The Morgan fingerprint density at radius 1 is 1.16 bits per heavy atom. The Balaban J connectivity index is 2.10. The zero-order chi connectivity index (χ0) is 13.8. The maximum atomic E-state index is 12.0. The van der Waals surface area contributed by atoms with Gasteiger partial charge in [0.05, 0.1) is 0 Å². The second-order valence-electron chi connectivity index (χ2n) is 4.23. The van der Waals surface area contributed by atoms with Gasteiger partial charge in [-0.1, -0.05) is 48.0 Å². The van der Waals surface area contributed by atoms with Crippen LogP contribution in [0.1, 0.15) is 16.5 Å². The monoisotopic (exact) mass is 293 g/mol. The van der Waals surface area contributed by atoms with E-state index in [-0.39, 0.29) is 5.91 Å². The van der Waals surface area contributed by atoms with Gasteiger partial charge in [0.15, 0.2) is 0 Å². The Bertz CT molecular complexity index is 584. The summed E-state index contributed by atoms with van der Waals surface area (Å²) in [6, 6.07) is 14.6. The number of alkyl halides is 1. The average Bonchev–Trinajstić information content (AvgIpc) is 2.43. The van der Waals surface area contributed by atoms with Gasteiger partial charge >= 0.3 is 0 Å². The number of carbonyl (C=O) groups excluding carboxylic acids is 1. The van der Waals surface area contributed by atoms with Gasteiger partial charge in [0.1, 0.15) is 5.38 Å². The first kappa shape index (κ1) is 13.9. The Labute approximate surface area is 122 Å². The summed E-state index contributed by atoms with van der Waals surface area (Å²) in [7, 11) is 0. The molecular formula is C15H13Cl2NO. The molecule has 19 heavy (non-hydrogen) atoms. The van der Waals surface area contributed by atoms with Gasteiger partial charge in [-0.25, -0.2) is 0 Å². The molecule has 0 aromatic heterocycles. The molecule has 0 bridgehead atoms. The molecule has 2 aromatic rings. The van der Waals surface area contributed by atoms with Crippen LogP contribution < -0.4 is 5.32 Å². The van der Waals surface area contributed by atoms with E-state index in [1.807, 2.05) is 43.3 Å². The van der Waals surface area contributed by atoms with Gasteiger partial charge in [0.2, 0.25) is 5.91 Å². The maximum Gasteiger partial charge on any atom is 0.246 e. The Morgan fingerprint density at radius 3 is 2.47 bits per heavy atom. The molecule has 0 heterocycles. The lowest BCUT2D eigenvalue weighted by molar-refractivity contribution is -0.116. The van der Waals surface area contributed by atoms with E-state index in [0.717, 1.165) is 11.1 Å². The highest BCUT2D eigenvalue weighted by atomic mass is 35.5. The van der Waals surface area contributed by atoms with Crippen molar-refractivity contribution >= 4 is 34.8 Å². The normalized spacial score (nSPS) is 11.9. The van der Waals surface area contributed by atoms with Crippen LogP contribution in [0.4, 0.5) is 5.69 Å². The van der Waals surface area contributed by atoms with Crippen LogP contribution in [-0.2, 0) is 4.79 Å². The molecule has 98 valence electrons. The largest absolute Gasteiger partial charge is 0.324 e. The summed E-state index contributed by atoms with van der Waals surface area (Å²) in [5.74, 6) is -0.271. The van der Waals surface area contributed by atoms with Gasteiger partial charge in [-0.15, -0.1) is 11.6 Å². The standard InChI is InChI=1S/C15H13Cl2NO/c1-10-7-8-12(9-13(10)16)18-15(19)14(17)11-5-3-2-4-6-11/h2-9,14H,1H3,(H,18,19)/t14-/m1/s1. The van der Waals surface area contributed by atoms with E-state index in [4.69, 9.17) is 23.2 Å². The molecule has 0 saturated carbocycles. The van der Waals surface area contributed by atoms with E-state index in [1.54, 1.807) is 12.1 Å². The van der Waals surface area contributed by atoms with Crippen molar-refractivity contribution in [3.63, 3.8) is 0 Å². The Hall–Kier alpha value is -1.51. The SMILES string of the molecule is Cc1ccc(NC(=O)[C@H](Cl)c2ccccc2)cc1Cl. The van der Waals surface area contributed by atoms with Crippen molar-refractivity contribution in [2.75, 3.05) is 5.32 Å². The molecule has 0 spiro atoms. The summed E-state index contributed by atoms with van der Waals surface area (Å²) in [5, 5.41) is 2.65. The molecule has 1 N–H and O–H groups in total. The van der Waals surface area contributed by atoms with E-state index in [2.05, 4.69) is 5.32 Å². The highest BCUT2D eigenvalue weighted by molar-refractivity contribution is 6.33. The topological polar surface area (TPSA) is 29.1 Å². The minimum atomic E-state index is -0.721. The van der Waals surface area contributed by atoms with Crippen LogP contribution in [0.3, 0.4) is 0 Å². The zero-order valence-corrected chi connectivity index (χ0v) is 11.9. The van der Waals surface area contributed by atoms with Crippen molar-refractivity contribution in [1.82, 2.24) is 0 Å². The van der Waals surface area contributed by atoms with Gasteiger partial charge in [0.25, 0.3) is 0 Å². The number of hydrogen-bond donors (Lipinski definition) is 1. The third-order valence-electron chi connectivity index (χ3n) is 2.76. The highest BCUT2D eigenvalue weighted by Gasteiger charge is 2.17. The summed E-state index contributed by atoms with van der Waals surface area (Å²) in [4.78, 5) is 12.0. The lowest BCUT2D eigenvalue weighted by atomic mass is 10.1. The van der Waals surface area contributed by atoms with Crippen molar-refractivity contribution in [1.29, 1.82) is 0 Å². The maximum absolute atomic E-state index is 12.0. The lowest BCUT2D eigenvalue weighted by Crippen LogP contribution is -2.17. The number of rotatable bonds is 3. The fourth-order valence-corrected chi connectivity index (χ4v) is 2.03. The van der Waals surface area contributed by atoms with Crippen LogP contribution >= 0.6 is 23.2 Å². The van der Waals surface area contributed by atoms with Crippen molar-refractivity contribution in [2.45, 2.75) is 12.3 Å². The Morgan fingerprint density at radius 2 is 1.84 bits per heavy atom. The molecule has 0 aliphatic carbocycles. The second-order valence-corrected chi connectivity index (χ2v) is 5.07. The first-order chi connectivity index (χ1) is 9.08. The average molecular weight is 294 g/mol. The highest BCUT2D eigenvalue weighted by Crippen LogP contribution is 2.24. The number of anilines is 1. The summed E-state index contributed by atoms with van der Waals surface area (Å²) in [6.07, 6.45) is 0. The molecule has 2 nitrogen and oxygen atoms in total. The molecule has 1 amide bonds. The van der Waals surface area contributed by atoms with E-state index in [9.17, 15) is 4.79 Å². The summed E-state index contributed by atoms with van der Waals surface area (Å²) in [5.41, 5.74) is 2.37. The number of amides is 1. The van der Waals surface area contributed by atoms with Crippen molar-refractivity contribution in [2.24, 2.45) is 0 Å². The molecule has 1 atom stereocenters. The number of nitrogens with one attached hydrogen (secondary N) is 1. The summed E-state index contributed by atoms with van der Waals surface area (Å²) >= 11 is 12.1. The molecule has 4 heteroatoms. The first-order valence-electron chi connectivity index (χ1n) is 5.84.